The van der Waals surface area contributed by atoms with Crippen LogP contribution in [-0.4, -0.2) is 48.7 Å². The summed E-state index contributed by atoms with van der Waals surface area (Å²) < 4.78 is 39.6. The number of methoxy groups -OCH3 is 1. The fraction of sp³-hybridized carbons (Fsp3) is 0.550. The van der Waals surface area contributed by atoms with Crippen LogP contribution in [0.2, 0.25) is 0 Å². The molecule has 0 bridgehead atoms. The van der Waals surface area contributed by atoms with Gasteiger partial charge < -0.3 is 20.5 Å². The number of anilines is 2. The summed E-state index contributed by atoms with van der Waals surface area (Å²) in [6.07, 6.45) is -0.859. The summed E-state index contributed by atoms with van der Waals surface area (Å²) in [5, 5.41) is 2.26. The molecule has 2 amide bonds. The number of likely N-dealkylation sites (N-methyl/N-ethyl adjacent to an activating group) is 1. The van der Waals surface area contributed by atoms with E-state index in [4.69, 9.17) is 10.5 Å². The first-order valence-corrected chi connectivity index (χ1v) is 9.41. The standard InChI is InChI=1S/C20H27F2N3O5/c1-9(25(5)19(28)30-20(2,3)4)17(26)24-16-14(22)12-8-10(18(27)29-6)7-11(12)13(21)15(16)23/h9-10H,7-8,23H2,1-6H3,(H,24,26)/t9-,10?/m1/s1. The summed E-state index contributed by atoms with van der Waals surface area (Å²) in [7, 11) is 2.54. The second kappa shape index (κ2) is 8.45. The number of esters is 1. The van der Waals surface area contributed by atoms with Gasteiger partial charge in [0.25, 0.3) is 0 Å². The maximum absolute atomic E-state index is 15.0. The third-order valence-corrected chi connectivity index (χ3v) is 4.95. The second-order valence-corrected chi connectivity index (χ2v) is 8.26. The van der Waals surface area contributed by atoms with Gasteiger partial charge in [0.2, 0.25) is 5.91 Å². The lowest BCUT2D eigenvalue weighted by Gasteiger charge is -2.28. The van der Waals surface area contributed by atoms with Crippen LogP contribution < -0.4 is 11.1 Å². The quantitative estimate of drug-likeness (QED) is 0.565. The molecule has 0 saturated carbocycles. The summed E-state index contributed by atoms with van der Waals surface area (Å²) in [6, 6.07) is -1.06. The highest BCUT2D eigenvalue weighted by atomic mass is 19.1. The third-order valence-electron chi connectivity index (χ3n) is 4.95. The van der Waals surface area contributed by atoms with Crippen molar-refractivity contribution in [3.63, 3.8) is 0 Å². The molecule has 0 aromatic heterocycles. The minimum Gasteiger partial charge on any atom is -0.469 e. The van der Waals surface area contributed by atoms with Crippen molar-refractivity contribution < 1.29 is 32.6 Å². The molecule has 1 aromatic rings. The van der Waals surface area contributed by atoms with Crippen molar-refractivity contribution in [1.82, 2.24) is 4.90 Å². The van der Waals surface area contributed by atoms with Crippen LogP contribution in [0.5, 0.6) is 0 Å². The third kappa shape index (κ3) is 4.63. The van der Waals surface area contributed by atoms with Gasteiger partial charge in [-0.05, 0) is 51.7 Å². The van der Waals surface area contributed by atoms with Crippen LogP contribution in [0.1, 0.15) is 38.8 Å². The number of hydrogen-bond donors (Lipinski definition) is 2. The van der Waals surface area contributed by atoms with Gasteiger partial charge in [-0.25, -0.2) is 13.6 Å². The van der Waals surface area contributed by atoms with E-state index in [1.54, 1.807) is 20.8 Å². The normalized spacial score (nSPS) is 16.5. The van der Waals surface area contributed by atoms with Gasteiger partial charge in [-0.2, -0.15) is 0 Å². The van der Waals surface area contributed by atoms with Crippen molar-refractivity contribution >= 4 is 29.3 Å². The SMILES string of the molecule is COC(=O)C1Cc2c(F)c(N)c(NC(=O)[C@@H](C)N(C)C(=O)OC(C)(C)C)c(F)c2C1. The predicted octanol–water partition coefficient (Wildman–Crippen LogP) is 2.63. The number of amides is 2. The zero-order valence-electron chi connectivity index (χ0n) is 17.9. The molecule has 1 aliphatic carbocycles. The molecule has 0 spiro atoms. The van der Waals surface area contributed by atoms with Gasteiger partial charge >= 0.3 is 12.1 Å². The van der Waals surface area contributed by atoms with Crippen LogP contribution in [0.25, 0.3) is 0 Å². The lowest BCUT2D eigenvalue weighted by molar-refractivity contribution is -0.145. The Balaban J connectivity index is 2.25. The molecule has 1 aliphatic rings. The zero-order valence-corrected chi connectivity index (χ0v) is 17.9. The van der Waals surface area contributed by atoms with Crippen LogP contribution >= 0.6 is 0 Å². The summed E-state index contributed by atoms with van der Waals surface area (Å²) in [5.41, 5.74) is 3.84. The number of carbonyl (C=O) groups is 3. The molecule has 2 atom stereocenters. The van der Waals surface area contributed by atoms with E-state index in [1.807, 2.05) is 0 Å². The Morgan fingerprint density at radius 3 is 2.20 bits per heavy atom. The number of hydrogen-bond acceptors (Lipinski definition) is 6. The molecular formula is C20H27F2N3O5. The van der Waals surface area contributed by atoms with Gasteiger partial charge in [-0.1, -0.05) is 0 Å². The topological polar surface area (TPSA) is 111 Å². The predicted molar refractivity (Wildman–Crippen MR) is 106 cm³/mol. The fourth-order valence-corrected chi connectivity index (χ4v) is 3.15. The van der Waals surface area contributed by atoms with Crippen molar-refractivity contribution in [2.45, 2.75) is 52.2 Å². The largest absolute Gasteiger partial charge is 0.469 e. The minimum absolute atomic E-state index is 0.00248. The van der Waals surface area contributed by atoms with Crippen molar-refractivity contribution in [3.8, 4) is 0 Å². The fourth-order valence-electron chi connectivity index (χ4n) is 3.15. The Morgan fingerprint density at radius 2 is 1.70 bits per heavy atom. The Kier molecular flexibility index (Phi) is 6.58. The lowest BCUT2D eigenvalue weighted by Crippen LogP contribution is -2.45. The van der Waals surface area contributed by atoms with E-state index < -0.39 is 58.5 Å². The van der Waals surface area contributed by atoms with Crippen LogP contribution in [0.3, 0.4) is 0 Å². The first-order valence-electron chi connectivity index (χ1n) is 9.41. The smallest absolute Gasteiger partial charge is 0.410 e. The Labute approximate surface area is 173 Å². The molecule has 1 unspecified atom stereocenters. The van der Waals surface area contributed by atoms with Crippen molar-refractivity contribution in [3.05, 3.63) is 22.8 Å². The van der Waals surface area contributed by atoms with Crippen LogP contribution in [0.15, 0.2) is 0 Å². The van der Waals surface area contributed by atoms with E-state index in [0.29, 0.717) is 0 Å². The number of nitrogens with zero attached hydrogens (tertiary/aromatic N) is 1. The highest BCUT2D eigenvalue weighted by Gasteiger charge is 2.36. The van der Waals surface area contributed by atoms with Crippen LogP contribution in [0.4, 0.5) is 25.0 Å². The number of halogens is 2. The number of ether oxygens (including phenoxy) is 2. The number of benzene rings is 1. The van der Waals surface area contributed by atoms with Gasteiger partial charge in [0.05, 0.1) is 18.7 Å². The molecule has 30 heavy (non-hydrogen) atoms. The lowest BCUT2D eigenvalue weighted by atomic mass is 10.1. The second-order valence-electron chi connectivity index (χ2n) is 8.26. The van der Waals surface area contributed by atoms with Crippen molar-refractivity contribution in [2.75, 3.05) is 25.2 Å². The number of rotatable bonds is 4. The molecule has 0 heterocycles. The molecular weight excluding hydrogens is 400 g/mol. The van der Waals surface area contributed by atoms with Gasteiger partial charge in [0.1, 0.15) is 17.3 Å². The van der Waals surface area contributed by atoms with E-state index in [0.717, 1.165) is 4.90 Å². The van der Waals surface area contributed by atoms with Gasteiger partial charge in [-0.15, -0.1) is 0 Å². The van der Waals surface area contributed by atoms with Crippen molar-refractivity contribution in [1.29, 1.82) is 0 Å². The van der Waals surface area contributed by atoms with E-state index in [1.165, 1.54) is 21.1 Å². The highest BCUT2D eigenvalue weighted by molar-refractivity contribution is 5.99. The summed E-state index contributed by atoms with van der Waals surface area (Å²) in [4.78, 5) is 37.5. The van der Waals surface area contributed by atoms with E-state index in [-0.39, 0.29) is 24.0 Å². The highest BCUT2D eigenvalue weighted by Crippen LogP contribution is 2.39. The average Bonchev–Trinajstić information content (AvgIpc) is 3.12. The first kappa shape index (κ1) is 23.4. The molecule has 10 heteroatoms. The van der Waals surface area contributed by atoms with Crippen molar-refractivity contribution in [2.24, 2.45) is 5.92 Å². The van der Waals surface area contributed by atoms with E-state index >= 15 is 4.39 Å². The zero-order chi connectivity index (χ0) is 23.0. The molecule has 8 nitrogen and oxygen atoms in total. The average molecular weight is 427 g/mol. The molecule has 0 radical (unpaired) electrons. The Bertz CT molecular complexity index is 882. The number of fused-ring (bicyclic) bond motifs is 1. The molecule has 0 saturated heterocycles. The number of nitrogens with one attached hydrogen (secondary N) is 1. The Hall–Kier alpha value is -2.91. The maximum atomic E-state index is 15.0. The molecule has 2 rings (SSSR count). The molecule has 3 N–H and O–H groups in total. The van der Waals surface area contributed by atoms with Gasteiger partial charge in [-0.3, -0.25) is 14.5 Å². The first-order chi connectivity index (χ1) is 13.8. The molecule has 0 fully saturated rings. The number of carbonyl (C=O) groups excluding carboxylic acids is 3. The Morgan fingerprint density at radius 1 is 1.17 bits per heavy atom. The molecule has 166 valence electrons. The van der Waals surface area contributed by atoms with Crippen LogP contribution in [0, 0.1) is 17.6 Å². The van der Waals surface area contributed by atoms with Crippen LogP contribution in [-0.2, 0) is 31.9 Å². The molecule has 0 aliphatic heterocycles. The van der Waals surface area contributed by atoms with Gasteiger partial charge in [0.15, 0.2) is 11.6 Å². The summed E-state index contributed by atoms with van der Waals surface area (Å²) >= 11 is 0. The van der Waals surface area contributed by atoms with E-state index in [9.17, 15) is 18.8 Å². The summed E-state index contributed by atoms with van der Waals surface area (Å²) in [5.74, 6) is -3.88. The number of nitrogen functional groups attached to an aromatic ring is 1. The van der Waals surface area contributed by atoms with E-state index in [2.05, 4.69) is 10.1 Å². The molecule has 1 aromatic carbocycles. The minimum atomic E-state index is -1.06. The monoisotopic (exact) mass is 427 g/mol. The maximum Gasteiger partial charge on any atom is 0.410 e. The number of nitrogens with two attached hydrogens (primary N) is 1. The summed E-state index contributed by atoms with van der Waals surface area (Å²) in [6.45, 7) is 6.43. The van der Waals surface area contributed by atoms with Gasteiger partial charge in [0, 0.05) is 7.05 Å².